The SMILES string of the molecule is CC(=O)[O-].CC(=O)[O-].CC(=O)[O-].CC(=O)[O-].CC(=O)[O-].CC(=O)[O-].CC(=O)[O-].CC(=O)[O-].CC(=O)[O-].CC(=O)[O-].CC(=O)[O-].CC(=O)[O-].NON(CCO)CCO.NON(CCO)CCO.NON(CCO)CCO.[Fe+3].[Fe+3].[Fe+3].[Fe+3]. The summed E-state index contributed by atoms with van der Waals surface area (Å²) in [7, 11) is 0. The third kappa shape index (κ3) is 1010. The number of rotatable bonds is 15. The minimum atomic E-state index is -1.08. The van der Waals surface area contributed by atoms with Crippen molar-refractivity contribution in [3.63, 3.8) is 0 Å². The Kier molecular flexibility index (Phi) is 207. The van der Waals surface area contributed by atoms with Gasteiger partial charge in [0.05, 0.1) is 39.6 Å². The number of nitrogens with two attached hydrogens (primary N) is 3. The fourth-order valence-electron chi connectivity index (χ4n) is 1.32. The first-order valence-corrected chi connectivity index (χ1v) is 18.9. The van der Waals surface area contributed by atoms with Crippen LogP contribution in [0, 0.1) is 0 Å². The Hall–Kier alpha value is -4.88. The van der Waals surface area contributed by atoms with E-state index in [9.17, 15) is 0 Å². The molecule has 0 heterocycles. The number of carbonyl (C=O) groups excluding carboxylic acids is 12. The predicted octanol–water partition coefficient (Wildman–Crippen LogP) is -20.7. The van der Waals surface area contributed by atoms with E-state index in [-0.39, 0.29) is 108 Å². The summed E-state index contributed by atoms with van der Waals surface area (Å²) in [5.41, 5.74) is 0. The van der Waals surface area contributed by atoms with Crippen molar-refractivity contribution in [3.05, 3.63) is 0 Å². The molecular formula is C36H72Fe4N6O33. The maximum atomic E-state index is 8.89. The molecule has 0 bridgehead atoms. The van der Waals surface area contributed by atoms with E-state index in [1.165, 1.54) is 15.2 Å². The van der Waals surface area contributed by atoms with Crippen LogP contribution in [0.25, 0.3) is 0 Å². The van der Waals surface area contributed by atoms with Gasteiger partial charge in [-0.15, -0.1) is 0 Å². The number of aliphatic carboxylic acids is 12. The van der Waals surface area contributed by atoms with Crippen LogP contribution in [-0.2, 0) is 141 Å². The van der Waals surface area contributed by atoms with E-state index in [2.05, 4.69) is 14.8 Å². The van der Waals surface area contributed by atoms with Crippen LogP contribution < -0.4 is 79.0 Å². The number of carboxylic acid groups (broad SMARTS) is 12. The molecule has 43 heteroatoms. The number of hydrogen-bond donors (Lipinski definition) is 9. The summed E-state index contributed by atoms with van der Waals surface area (Å²) in [6, 6.07) is 0. The fourth-order valence-corrected chi connectivity index (χ4v) is 1.32. The third-order valence-corrected chi connectivity index (χ3v) is 2.54. The van der Waals surface area contributed by atoms with Gasteiger partial charge in [-0.05, 0) is 83.1 Å². The number of aliphatic hydroxyl groups excluding tert-OH is 6. The molecule has 0 spiro atoms. The minimum absolute atomic E-state index is 0. The predicted molar refractivity (Wildman–Crippen MR) is 221 cm³/mol. The molecule has 79 heavy (non-hydrogen) atoms. The molecule has 0 unspecified atom stereocenters. The van der Waals surface area contributed by atoms with Crippen molar-refractivity contribution >= 4 is 71.6 Å². The summed E-state index contributed by atoms with van der Waals surface area (Å²) in [6.07, 6.45) is 0. The van der Waals surface area contributed by atoms with Gasteiger partial charge >= 0.3 is 68.3 Å². The molecular weight excluding hydrogens is 1270 g/mol. The first-order valence-electron chi connectivity index (χ1n) is 18.9. The monoisotopic (exact) mass is 1340 g/mol. The molecule has 0 aromatic rings. The van der Waals surface area contributed by atoms with Crippen LogP contribution >= 0.6 is 0 Å². The van der Waals surface area contributed by atoms with Crippen LogP contribution in [0.3, 0.4) is 0 Å². The molecule has 0 atom stereocenters. The first kappa shape index (κ1) is 130. The maximum Gasteiger partial charge on any atom is 3.00 e. The number of carboxylic acids is 12. The number of hydroxylamine groups is 6. The van der Waals surface area contributed by atoms with Gasteiger partial charge in [0.1, 0.15) is 0 Å². The zero-order chi connectivity index (χ0) is 64.3. The van der Waals surface area contributed by atoms with Gasteiger partial charge in [0, 0.05) is 111 Å². The van der Waals surface area contributed by atoms with Crippen molar-refractivity contribution < 1.29 is 233 Å². The van der Waals surface area contributed by atoms with E-state index in [1.54, 1.807) is 0 Å². The van der Waals surface area contributed by atoms with Crippen molar-refractivity contribution in [2.45, 2.75) is 83.1 Å². The first-order chi connectivity index (χ1) is 33.8. The maximum absolute atomic E-state index is 8.89. The number of hydrogen-bond acceptors (Lipinski definition) is 39. The number of nitrogens with zero attached hydrogens (tertiary/aromatic N) is 3. The van der Waals surface area contributed by atoms with Crippen molar-refractivity contribution in [3.8, 4) is 0 Å². The van der Waals surface area contributed by atoms with Crippen LogP contribution in [0.5, 0.6) is 0 Å². The molecule has 39 nitrogen and oxygen atoms in total. The van der Waals surface area contributed by atoms with E-state index >= 15 is 0 Å². The molecule has 0 aliphatic rings. The average molecular weight is 1340 g/mol. The summed E-state index contributed by atoms with van der Waals surface area (Å²) in [5, 5.41) is 160. The zero-order valence-electron chi connectivity index (χ0n) is 44.7. The second-order valence-corrected chi connectivity index (χ2v) is 10.3. The molecule has 0 aromatic heterocycles. The van der Waals surface area contributed by atoms with Crippen LogP contribution in [0.2, 0.25) is 0 Å². The van der Waals surface area contributed by atoms with E-state index in [4.69, 9.17) is 167 Å². The summed E-state index contributed by atoms with van der Waals surface area (Å²) >= 11 is 0. The summed E-state index contributed by atoms with van der Waals surface area (Å²) in [6.45, 7) is 13.4. The topological polar surface area (TPSA) is 718 Å². The average Bonchev–Trinajstić information content (AvgIpc) is 3.15. The van der Waals surface area contributed by atoms with Crippen molar-refractivity contribution in [2.24, 2.45) is 17.7 Å². The largest absolute Gasteiger partial charge is 3.00 e. The van der Waals surface area contributed by atoms with Crippen molar-refractivity contribution in [2.75, 3.05) is 78.9 Å². The van der Waals surface area contributed by atoms with Gasteiger partial charge < -0.3 is 149 Å². The van der Waals surface area contributed by atoms with Gasteiger partial charge in [-0.3, -0.25) is 0 Å². The standard InChI is InChI=1S/3C4H12N2O3.12C2H4O2.4Fe/c3*5-9-6(1-3-7)2-4-8;12*1-2(3)4;;;;/h3*7-8H,1-5H2;12*1H3,(H,3,4);;;;/q;;;;;;;;;;;;;;;4*+3/p-12. The molecule has 476 valence electrons. The summed E-state index contributed by atoms with van der Waals surface area (Å²) in [4.78, 5) is 119. The Balaban J connectivity index is -0.0000000290. The van der Waals surface area contributed by atoms with Gasteiger partial charge in [-0.1, -0.05) is 0 Å². The quantitative estimate of drug-likeness (QED) is 0.0543. The Morgan fingerprint density at radius 3 is 0.329 bits per heavy atom. The van der Waals surface area contributed by atoms with Gasteiger partial charge in [-0.25, -0.2) is 14.8 Å². The summed E-state index contributed by atoms with van der Waals surface area (Å²) < 4.78 is 0. The number of carbonyl (C=O) groups is 12. The van der Waals surface area contributed by atoms with Gasteiger partial charge in [0.15, 0.2) is 0 Å². The van der Waals surface area contributed by atoms with Crippen molar-refractivity contribution in [1.29, 1.82) is 0 Å². The van der Waals surface area contributed by atoms with Crippen molar-refractivity contribution in [1.82, 2.24) is 15.2 Å². The van der Waals surface area contributed by atoms with E-state index in [0.717, 1.165) is 83.1 Å². The normalized spacial score (nSPS) is 7.44. The molecule has 0 saturated heterocycles. The molecule has 0 amide bonds. The Bertz CT molecular complexity index is 976. The molecule has 0 fully saturated rings. The van der Waals surface area contributed by atoms with Crippen LogP contribution in [0.15, 0.2) is 0 Å². The molecule has 0 aliphatic carbocycles. The molecule has 4 radical (unpaired) electrons. The Morgan fingerprint density at radius 1 is 0.253 bits per heavy atom. The van der Waals surface area contributed by atoms with E-state index in [1.807, 2.05) is 0 Å². The second kappa shape index (κ2) is 125. The Labute approximate surface area is 497 Å². The van der Waals surface area contributed by atoms with Gasteiger partial charge in [0.2, 0.25) is 0 Å². The van der Waals surface area contributed by atoms with Crippen LogP contribution in [0.1, 0.15) is 83.1 Å². The molecule has 0 rings (SSSR count). The van der Waals surface area contributed by atoms with E-state index < -0.39 is 71.6 Å². The summed E-state index contributed by atoms with van der Waals surface area (Å²) in [5.74, 6) is 1.25. The molecule has 0 aliphatic heterocycles. The van der Waals surface area contributed by atoms with Gasteiger partial charge in [-0.2, -0.15) is 32.9 Å². The molecule has 0 saturated carbocycles. The smallest absolute Gasteiger partial charge is 0.550 e. The zero-order valence-corrected chi connectivity index (χ0v) is 49.1. The fraction of sp³-hybridized carbons (Fsp3) is 0.667. The van der Waals surface area contributed by atoms with Crippen LogP contribution in [-0.4, -0.2) is 196 Å². The third-order valence-electron chi connectivity index (χ3n) is 2.54. The molecule has 0 aromatic carbocycles. The van der Waals surface area contributed by atoms with Gasteiger partial charge in [0.25, 0.3) is 0 Å². The second-order valence-electron chi connectivity index (χ2n) is 10.3. The van der Waals surface area contributed by atoms with E-state index in [0.29, 0.717) is 39.3 Å². The van der Waals surface area contributed by atoms with Crippen LogP contribution in [0.4, 0.5) is 0 Å². The Morgan fingerprint density at radius 2 is 0.304 bits per heavy atom. The molecule has 12 N–H and O–H groups in total. The number of aliphatic hydroxyl groups is 6. The minimum Gasteiger partial charge on any atom is -0.550 e.